The number of amides is 1. The van der Waals surface area contributed by atoms with Gasteiger partial charge in [0.15, 0.2) is 5.78 Å². The van der Waals surface area contributed by atoms with Crippen LogP contribution < -0.4 is 11.1 Å². The number of nitrogens with one attached hydrogen (secondary N) is 1. The highest BCUT2D eigenvalue weighted by atomic mass is 16.5. The van der Waals surface area contributed by atoms with Crippen molar-refractivity contribution in [1.29, 1.82) is 0 Å². The standard InChI is InChI=1S/C45H70N2O6/c1-26(2)35-30(48)23-44(24-34(49)47-25-27-12-10-11-13-27)21-20-43(9)42(8)18-14-31-40(5,6)33(53-38(52)29-22-28(37(50)51)39(29,3)4)16-17-41(31,7)32(42)15-19-45(43,46)36(35)44/h26-29,31-33H,10-25,46H2,1-9H3,(H,47,49)(H,50,51)/t28-,29+,31-,32+,33-,41-,42+,43-,44?,45-/m0/s1. The molecule has 0 aromatic heterocycles. The number of carboxylic acids is 1. The van der Waals surface area contributed by atoms with Gasteiger partial charge in [-0.25, -0.2) is 0 Å². The Hall–Kier alpha value is -2.22. The van der Waals surface area contributed by atoms with Gasteiger partial charge in [-0.15, -0.1) is 0 Å². The summed E-state index contributed by atoms with van der Waals surface area (Å²) < 4.78 is 6.41. The average Bonchev–Trinajstić information content (AvgIpc) is 3.68. The van der Waals surface area contributed by atoms with E-state index in [1.165, 1.54) is 25.7 Å². The molecular weight excluding hydrogens is 665 g/mol. The van der Waals surface area contributed by atoms with Crippen molar-refractivity contribution in [2.24, 2.45) is 73.7 Å². The SMILES string of the molecule is CC(C)C1=C2C(CC(=O)NCC3CCCC3)(CC[C@]3(C)[C@]2(N)CC[C@@H]2[C@@]4(C)CC[C@H](OC(=O)[C@H]5C[C@@H](C(=O)O)C5(C)C)C(C)(C)[C@@H]4CC[C@]23C)CC1=O. The lowest BCUT2D eigenvalue weighted by Gasteiger charge is -2.74. The third-order valence-electron chi connectivity index (χ3n) is 18.5. The highest BCUT2D eigenvalue weighted by molar-refractivity contribution is 6.02. The van der Waals surface area contributed by atoms with Gasteiger partial charge in [-0.1, -0.05) is 75.2 Å². The lowest BCUT2D eigenvalue weighted by Crippen LogP contribution is -2.74. The largest absolute Gasteiger partial charge is 0.481 e. The van der Waals surface area contributed by atoms with Crippen LogP contribution in [-0.4, -0.2) is 46.9 Å². The smallest absolute Gasteiger partial charge is 0.309 e. The van der Waals surface area contributed by atoms with Crippen LogP contribution in [0.3, 0.4) is 0 Å². The normalized spacial score (nSPS) is 44.4. The lowest BCUT2D eigenvalue weighted by molar-refractivity contribution is -0.239. The molecule has 296 valence electrons. The molecule has 0 aromatic carbocycles. The number of carbonyl (C=O) groups excluding carboxylic acids is 3. The number of allylic oxidation sites excluding steroid dienone is 1. The van der Waals surface area contributed by atoms with Crippen molar-refractivity contribution in [1.82, 2.24) is 5.32 Å². The van der Waals surface area contributed by atoms with Crippen LogP contribution >= 0.6 is 0 Å². The van der Waals surface area contributed by atoms with Crippen LogP contribution in [0.2, 0.25) is 0 Å². The highest BCUT2D eigenvalue weighted by Gasteiger charge is 2.74. The van der Waals surface area contributed by atoms with Crippen molar-refractivity contribution in [2.45, 2.75) is 170 Å². The molecule has 4 N–H and O–H groups in total. The van der Waals surface area contributed by atoms with Gasteiger partial charge in [0.1, 0.15) is 6.10 Å². The van der Waals surface area contributed by atoms with E-state index in [1.54, 1.807) is 0 Å². The molecule has 1 amide bonds. The van der Waals surface area contributed by atoms with Gasteiger partial charge in [-0.2, -0.15) is 0 Å². The zero-order valence-electron chi connectivity index (χ0n) is 34.4. The number of nitrogens with two attached hydrogens (primary N) is 1. The molecule has 1 unspecified atom stereocenters. The second kappa shape index (κ2) is 12.6. The molecule has 6 saturated carbocycles. The summed E-state index contributed by atoms with van der Waals surface area (Å²) in [5.74, 6) is -0.270. The number of aliphatic carboxylic acids is 1. The van der Waals surface area contributed by atoms with Crippen molar-refractivity contribution in [3.63, 3.8) is 0 Å². The maximum atomic E-state index is 14.1. The van der Waals surface area contributed by atoms with Gasteiger partial charge in [0.2, 0.25) is 5.91 Å². The van der Waals surface area contributed by atoms with Crippen molar-refractivity contribution >= 4 is 23.6 Å². The van der Waals surface area contributed by atoms with Crippen LogP contribution in [0.25, 0.3) is 0 Å². The molecule has 0 aromatic rings. The van der Waals surface area contributed by atoms with Crippen molar-refractivity contribution < 1.29 is 29.0 Å². The molecular formula is C45H70N2O6. The van der Waals surface area contributed by atoms with E-state index >= 15 is 0 Å². The molecule has 0 bridgehead atoms. The Morgan fingerprint density at radius 1 is 0.849 bits per heavy atom. The quantitative estimate of drug-likeness (QED) is 0.213. The van der Waals surface area contributed by atoms with Crippen molar-refractivity contribution in [2.75, 3.05) is 6.54 Å². The first-order chi connectivity index (χ1) is 24.6. The minimum absolute atomic E-state index is 0.0311. The number of ether oxygens (including phenoxy) is 1. The first-order valence-electron chi connectivity index (χ1n) is 21.4. The highest BCUT2D eigenvalue weighted by Crippen LogP contribution is 2.77. The monoisotopic (exact) mass is 735 g/mol. The second-order valence-corrected chi connectivity index (χ2v) is 21.7. The summed E-state index contributed by atoms with van der Waals surface area (Å²) in [4.78, 5) is 53.2. The number of carbonyl (C=O) groups is 4. The van der Waals surface area contributed by atoms with E-state index in [0.717, 1.165) is 69.1 Å². The van der Waals surface area contributed by atoms with E-state index in [9.17, 15) is 24.3 Å². The zero-order valence-corrected chi connectivity index (χ0v) is 34.4. The van der Waals surface area contributed by atoms with Gasteiger partial charge in [0.25, 0.3) is 0 Å². The topological polar surface area (TPSA) is 136 Å². The number of esters is 1. The summed E-state index contributed by atoms with van der Waals surface area (Å²) in [5.41, 5.74) is 7.77. The molecule has 53 heavy (non-hydrogen) atoms. The molecule has 7 aliphatic rings. The van der Waals surface area contributed by atoms with Crippen LogP contribution in [0.5, 0.6) is 0 Å². The van der Waals surface area contributed by atoms with Crippen LogP contribution in [0.1, 0.15) is 159 Å². The third-order valence-corrected chi connectivity index (χ3v) is 18.5. The van der Waals surface area contributed by atoms with Gasteiger partial charge < -0.3 is 20.9 Å². The Morgan fingerprint density at radius 3 is 2.13 bits per heavy atom. The fraction of sp³-hybridized carbons (Fsp3) is 0.867. The number of rotatable bonds is 8. The first kappa shape index (κ1) is 39.0. The van der Waals surface area contributed by atoms with Crippen LogP contribution in [0.15, 0.2) is 11.1 Å². The van der Waals surface area contributed by atoms with E-state index in [4.69, 9.17) is 10.5 Å². The number of fused-ring (bicyclic) bond motifs is 7. The van der Waals surface area contributed by atoms with Crippen LogP contribution in [0.4, 0.5) is 0 Å². The van der Waals surface area contributed by atoms with E-state index < -0.39 is 28.3 Å². The number of ketones is 1. The number of carboxylic acid groups (broad SMARTS) is 1. The molecule has 0 saturated heterocycles. The molecule has 0 radical (unpaired) electrons. The molecule has 0 heterocycles. The van der Waals surface area contributed by atoms with Gasteiger partial charge in [0.05, 0.1) is 11.8 Å². The van der Waals surface area contributed by atoms with E-state index in [0.29, 0.717) is 37.0 Å². The zero-order chi connectivity index (χ0) is 38.7. The summed E-state index contributed by atoms with van der Waals surface area (Å²) in [7, 11) is 0. The van der Waals surface area contributed by atoms with Crippen LogP contribution in [0, 0.1) is 68.0 Å². The van der Waals surface area contributed by atoms with Crippen molar-refractivity contribution in [3.05, 3.63) is 11.1 Å². The van der Waals surface area contributed by atoms with Crippen LogP contribution in [-0.2, 0) is 23.9 Å². The fourth-order valence-electron chi connectivity index (χ4n) is 15.1. The molecule has 8 nitrogen and oxygen atoms in total. The molecule has 0 aliphatic heterocycles. The predicted octanol–water partition coefficient (Wildman–Crippen LogP) is 8.40. The Bertz CT molecular complexity index is 1590. The average molecular weight is 735 g/mol. The molecule has 7 aliphatic carbocycles. The van der Waals surface area contributed by atoms with Gasteiger partial charge in [-0.05, 0) is 127 Å². The maximum absolute atomic E-state index is 14.1. The summed E-state index contributed by atoms with van der Waals surface area (Å²) in [6, 6.07) is 0. The predicted molar refractivity (Wildman–Crippen MR) is 205 cm³/mol. The van der Waals surface area contributed by atoms with E-state index in [-0.39, 0.29) is 57.3 Å². The van der Waals surface area contributed by atoms with Crippen molar-refractivity contribution in [3.8, 4) is 0 Å². The number of Topliss-reactive ketones (excluding diaryl/α,β-unsaturated/α-hetero) is 1. The lowest BCUT2D eigenvalue weighted by atomic mass is 9.31. The Kier molecular flexibility index (Phi) is 9.31. The summed E-state index contributed by atoms with van der Waals surface area (Å²) >= 11 is 0. The summed E-state index contributed by atoms with van der Waals surface area (Å²) in [6.45, 7) is 20.9. The molecule has 7 rings (SSSR count). The summed E-state index contributed by atoms with van der Waals surface area (Å²) in [5, 5.41) is 13.0. The van der Waals surface area contributed by atoms with Gasteiger partial charge in [0, 0.05) is 35.8 Å². The minimum atomic E-state index is -0.833. The molecule has 0 spiro atoms. The second-order valence-electron chi connectivity index (χ2n) is 21.7. The first-order valence-corrected chi connectivity index (χ1v) is 21.4. The molecule has 10 atom stereocenters. The number of hydrogen-bond acceptors (Lipinski definition) is 6. The third kappa shape index (κ3) is 5.42. The van der Waals surface area contributed by atoms with E-state index in [2.05, 4.69) is 53.8 Å². The summed E-state index contributed by atoms with van der Waals surface area (Å²) in [6.07, 6.45) is 13.1. The van der Waals surface area contributed by atoms with Gasteiger partial charge in [-0.3, -0.25) is 19.2 Å². The van der Waals surface area contributed by atoms with Gasteiger partial charge >= 0.3 is 11.9 Å². The Morgan fingerprint density at radius 2 is 1.51 bits per heavy atom. The van der Waals surface area contributed by atoms with E-state index in [1.807, 2.05) is 13.8 Å². The molecule has 6 fully saturated rings. The Balaban J connectivity index is 1.15. The fourth-order valence-corrected chi connectivity index (χ4v) is 15.1. The maximum Gasteiger partial charge on any atom is 0.309 e. The number of hydrogen-bond donors (Lipinski definition) is 3. The molecule has 8 heteroatoms. The minimum Gasteiger partial charge on any atom is -0.481 e. The Labute approximate surface area is 319 Å².